The van der Waals surface area contributed by atoms with Crippen LogP contribution in [0.5, 0.6) is 5.75 Å². The molecule has 1 heterocycles. The summed E-state index contributed by atoms with van der Waals surface area (Å²) in [6.07, 6.45) is 0. The van der Waals surface area contributed by atoms with Crippen LogP contribution in [0.1, 0.15) is 17.3 Å². The van der Waals surface area contributed by atoms with Crippen LogP contribution < -0.4 is 10.1 Å². The van der Waals surface area contributed by atoms with Gasteiger partial charge in [-0.1, -0.05) is 23.2 Å². The van der Waals surface area contributed by atoms with Crippen molar-refractivity contribution in [2.75, 3.05) is 39.3 Å². The molecule has 1 saturated heterocycles. The lowest BCUT2D eigenvalue weighted by atomic mass is 10.1. The van der Waals surface area contributed by atoms with Gasteiger partial charge in [0.05, 0.1) is 23.2 Å². The fraction of sp³-hybridized carbons (Fsp3) is 0.500. The quantitative estimate of drug-likeness (QED) is 0.847. The average molecular weight is 317 g/mol. The van der Waals surface area contributed by atoms with Gasteiger partial charge in [0.25, 0.3) is 0 Å². The largest absolute Gasteiger partial charge is 0.491 e. The first-order valence-corrected chi connectivity index (χ1v) is 7.45. The first kappa shape index (κ1) is 15.6. The van der Waals surface area contributed by atoms with Gasteiger partial charge < -0.3 is 10.1 Å². The van der Waals surface area contributed by atoms with Gasteiger partial charge in [0.1, 0.15) is 0 Å². The Hall–Kier alpha value is -0.810. The third-order valence-electron chi connectivity index (χ3n) is 3.19. The zero-order valence-corrected chi connectivity index (χ0v) is 12.9. The molecule has 2 rings (SSSR count). The zero-order valence-electron chi connectivity index (χ0n) is 11.4. The molecule has 0 atom stereocenters. The van der Waals surface area contributed by atoms with Gasteiger partial charge in [-0.2, -0.15) is 0 Å². The maximum absolute atomic E-state index is 12.3. The molecule has 0 radical (unpaired) electrons. The highest BCUT2D eigenvalue weighted by atomic mass is 35.5. The van der Waals surface area contributed by atoms with Gasteiger partial charge in [-0.15, -0.1) is 0 Å². The molecule has 0 aliphatic carbocycles. The average Bonchev–Trinajstić information content (AvgIpc) is 2.43. The minimum absolute atomic E-state index is 0.0266. The van der Waals surface area contributed by atoms with E-state index in [1.54, 1.807) is 12.1 Å². The topological polar surface area (TPSA) is 41.6 Å². The molecule has 1 N–H and O–H groups in total. The first-order valence-electron chi connectivity index (χ1n) is 6.70. The summed E-state index contributed by atoms with van der Waals surface area (Å²) in [5.74, 6) is 0.466. The number of ether oxygens (including phenoxy) is 1. The number of benzene rings is 1. The molecule has 1 aromatic rings. The van der Waals surface area contributed by atoms with Crippen molar-refractivity contribution in [1.29, 1.82) is 0 Å². The van der Waals surface area contributed by atoms with E-state index >= 15 is 0 Å². The number of halogens is 2. The lowest BCUT2D eigenvalue weighted by molar-refractivity contribution is 0.0921. The number of piperazine rings is 1. The van der Waals surface area contributed by atoms with E-state index in [4.69, 9.17) is 27.9 Å². The number of ketones is 1. The maximum atomic E-state index is 12.3. The summed E-state index contributed by atoms with van der Waals surface area (Å²) >= 11 is 12.2. The Labute approximate surface area is 129 Å². The Balaban J connectivity index is 2.09. The molecule has 1 aliphatic heterocycles. The molecule has 6 heteroatoms. The lowest BCUT2D eigenvalue weighted by Gasteiger charge is -2.26. The van der Waals surface area contributed by atoms with Crippen LogP contribution in [0, 0.1) is 0 Å². The van der Waals surface area contributed by atoms with Crippen molar-refractivity contribution in [3.05, 3.63) is 27.7 Å². The second-order valence-electron chi connectivity index (χ2n) is 4.65. The van der Waals surface area contributed by atoms with Crippen molar-refractivity contribution in [3.8, 4) is 5.75 Å². The molecule has 0 saturated carbocycles. The number of rotatable bonds is 5. The summed E-state index contributed by atoms with van der Waals surface area (Å²) in [5.41, 5.74) is 0.530. The van der Waals surface area contributed by atoms with Gasteiger partial charge in [0, 0.05) is 31.7 Å². The fourth-order valence-corrected chi connectivity index (χ4v) is 2.76. The minimum Gasteiger partial charge on any atom is -0.491 e. The Kier molecular flexibility index (Phi) is 5.66. The second kappa shape index (κ2) is 7.27. The fourth-order valence-electron chi connectivity index (χ4n) is 2.17. The third kappa shape index (κ3) is 3.85. The van der Waals surface area contributed by atoms with Crippen molar-refractivity contribution in [2.45, 2.75) is 6.92 Å². The van der Waals surface area contributed by atoms with Gasteiger partial charge in [-0.05, 0) is 19.1 Å². The van der Waals surface area contributed by atoms with Crippen molar-refractivity contribution in [3.63, 3.8) is 0 Å². The molecule has 0 unspecified atom stereocenters. The predicted molar refractivity (Wildman–Crippen MR) is 81.3 cm³/mol. The molecule has 1 fully saturated rings. The van der Waals surface area contributed by atoms with E-state index in [9.17, 15) is 4.79 Å². The second-order valence-corrected chi connectivity index (χ2v) is 5.47. The van der Waals surface area contributed by atoms with E-state index in [0.29, 0.717) is 34.5 Å². The SMILES string of the molecule is CCOc1c(Cl)cc(C(=O)CN2CCNCC2)cc1Cl. The molecular weight excluding hydrogens is 299 g/mol. The number of carbonyl (C=O) groups excluding carboxylic acids is 1. The van der Waals surface area contributed by atoms with Crippen molar-refractivity contribution >= 4 is 29.0 Å². The van der Waals surface area contributed by atoms with E-state index in [0.717, 1.165) is 26.2 Å². The van der Waals surface area contributed by atoms with Crippen molar-refractivity contribution < 1.29 is 9.53 Å². The van der Waals surface area contributed by atoms with Crippen LogP contribution in [0.3, 0.4) is 0 Å². The van der Waals surface area contributed by atoms with Gasteiger partial charge in [-0.25, -0.2) is 0 Å². The van der Waals surface area contributed by atoms with Crippen LogP contribution in [0.2, 0.25) is 10.0 Å². The number of hydrogen-bond donors (Lipinski definition) is 1. The van der Waals surface area contributed by atoms with Gasteiger partial charge in [0.2, 0.25) is 0 Å². The van der Waals surface area contributed by atoms with Crippen LogP contribution in [0.4, 0.5) is 0 Å². The molecule has 20 heavy (non-hydrogen) atoms. The Morgan fingerprint density at radius 3 is 2.45 bits per heavy atom. The molecule has 1 aliphatic rings. The number of nitrogens with zero attached hydrogens (tertiary/aromatic N) is 1. The summed E-state index contributed by atoms with van der Waals surface area (Å²) in [6.45, 7) is 6.32. The van der Waals surface area contributed by atoms with Crippen LogP contribution in [-0.4, -0.2) is 50.0 Å². The van der Waals surface area contributed by atoms with E-state index in [2.05, 4.69) is 10.2 Å². The first-order chi connectivity index (χ1) is 9.61. The summed E-state index contributed by atoms with van der Waals surface area (Å²) < 4.78 is 5.36. The lowest BCUT2D eigenvalue weighted by Crippen LogP contribution is -2.45. The summed E-state index contributed by atoms with van der Waals surface area (Å²) in [7, 11) is 0. The van der Waals surface area contributed by atoms with Crippen LogP contribution in [0.25, 0.3) is 0 Å². The van der Waals surface area contributed by atoms with Gasteiger partial charge >= 0.3 is 0 Å². The van der Waals surface area contributed by atoms with Crippen LogP contribution in [0.15, 0.2) is 12.1 Å². The highest BCUT2D eigenvalue weighted by Crippen LogP contribution is 2.34. The number of carbonyl (C=O) groups is 1. The summed E-state index contributed by atoms with van der Waals surface area (Å²) in [4.78, 5) is 14.4. The molecule has 0 aromatic heterocycles. The smallest absolute Gasteiger partial charge is 0.176 e. The third-order valence-corrected chi connectivity index (χ3v) is 3.75. The van der Waals surface area contributed by atoms with E-state index in [-0.39, 0.29) is 5.78 Å². The minimum atomic E-state index is 0.0266. The normalized spacial score (nSPS) is 16.1. The molecular formula is C14H18Cl2N2O2. The van der Waals surface area contributed by atoms with Gasteiger partial charge in [-0.3, -0.25) is 9.69 Å². The highest BCUT2D eigenvalue weighted by molar-refractivity contribution is 6.37. The zero-order chi connectivity index (χ0) is 14.5. The van der Waals surface area contributed by atoms with E-state index in [1.165, 1.54) is 0 Å². The number of hydrogen-bond acceptors (Lipinski definition) is 4. The Morgan fingerprint density at radius 2 is 1.90 bits per heavy atom. The molecule has 4 nitrogen and oxygen atoms in total. The predicted octanol–water partition coefficient (Wildman–Crippen LogP) is 2.48. The monoisotopic (exact) mass is 316 g/mol. The van der Waals surface area contributed by atoms with Crippen LogP contribution >= 0.6 is 23.2 Å². The van der Waals surface area contributed by atoms with Gasteiger partial charge in [0.15, 0.2) is 11.5 Å². The highest BCUT2D eigenvalue weighted by Gasteiger charge is 2.17. The van der Waals surface area contributed by atoms with Crippen molar-refractivity contribution in [2.24, 2.45) is 0 Å². The van der Waals surface area contributed by atoms with Crippen molar-refractivity contribution in [1.82, 2.24) is 10.2 Å². The summed E-state index contributed by atoms with van der Waals surface area (Å²) in [5, 5.41) is 4.01. The molecule has 0 bridgehead atoms. The molecule has 0 spiro atoms. The van der Waals surface area contributed by atoms with E-state index in [1.807, 2.05) is 6.92 Å². The molecule has 1 aromatic carbocycles. The Bertz CT molecular complexity index is 465. The maximum Gasteiger partial charge on any atom is 0.176 e. The number of Topliss-reactive ketones (excluding diaryl/α,β-unsaturated/α-hetero) is 1. The summed E-state index contributed by atoms with van der Waals surface area (Å²) in [6, 6.07) is 3.26. The molecule has 110 valence electrons. The standard InChI is InChI=1S/C14H18Cl2N2O2/c1-2-20-14-11(15)7-10(8-12(14)16)13(19)9-18-5-3-17-4-6-18/h7-8,17H,2-6,9H2,1H3. The molecule has 0 amide bonds. The van der Waals surface area contributed by atoms with Crippen LogP contribution in [-0.2, 0) is 0 Å². The van der Waals surface area contributed by atoms with E-state index < -0.39 is 0 Å². The number of nitrogens with one attached hydrogen (secondary N) is 1. The Morgan fingerprint density at radius 1 is 1.30 bits per heavy atom.